The van der Waals surface area contributed by atoms with Crippen molar-refractivity contribution in [2.45, 2.75) is 38.6 Å². The monoisotopic (exact) mass is 386 g/mol. The van der Waals surface area contributed by atoms with Crippen LogP contribution >= 0.6 is 0 Å². The van der Waals surface area contributed by atoms with Crippen LogP contribution < -0.4 is 5.32 Å². The summed E-state index contributed by atoms with van der Waals surface area (Å²) < 4.78 is 4.92. The first-order valence-corrected chi connectivity index (χ1v) is 9.33. The maximum atomic E-state index is 12.5. The SMILES string of the molecule is C[C@@H](C(=O)OCC(=O)NC(=O)c1ccccc1)N1C(=O)[C@H]2CCCC[C@@H]2C1=O. The summed E-state index contributed by atoms with van der Waals surface area (Å²) in [5, 5.41) is 2.12. The third-order valence-corrected chi connectivity index (χ3v) is 5.24. The fourth-order valence-corrected chi connectivity index (χ4v) is 3.76. The van der Waals surface area contributed by atoms with Gasteiger partial charge >= 0.3 is 5.97 Å². The van der Waals surface area contributed by atoms with E-state index in [0.717, 1.165) is 17.7 Å². The van der Waals surface area contributed by atoms with E-state index in [1.165, 1.54) is 6.92 Å². The summed E-state index contributed by atoms with van der Waals surface area (Å²) in [5.41, 5.74) is 0.298. The number of fused-ring (bicyclic) bond motifs is 1. The zero-order valence-corrected chi connectivity index (χ0v) is 15.6. The predicted octanol–water partition coefficient (Wildman–Crippen LogP) is 1.05. The largest absolute Gasteiger partial charge is 0.454 e. The number of nitrogens with one attached hydrogen (secondary N) is 1. The molecular formula is C20H22N2O6. The summed E-state index contributed by atoms with van der Waals surface area (Å²) in [4.78, 5) is 62.0. The first-order chi connectivity index (χ1) is 13.4. The van der Waals surface area contributed by atoms with Gasteiger partial charge in [-0.05, 0) is 31.9 Å². The van der Waals surface area contributed by atoms with Crippen LogP contribution in [-0.2, 0) is 23.9 Å². The van der Waals surface area contributed by atoms with Crippen molar-refractivity contribution in [1.82, 2.24) is 10.2 Å². The fourth-order valence-electron chi connectivity index (χ4n) is 3.76. The Kier molecular flexibility index (Phi) is 5.87. The smallest absolute Gasteiger partial charge is 0.329 e. The van der Waals surface area contributed by atoms with Crippen LogP contribution in [0.3, 0.4) is 0 Å². The molecule has 0 bridgehead atoms. The molecule has 1 heterocycles. The average molecular weight is 386 g/mol. The molecule has 0 spiro atoms. The van der Waals surface area contributed by atoms with E-state index in [9.17, 15) is 24.0 Å². The van der Waals surface area contributed by atoms with Crippen molar-refractivity contribution in [3.05, 3.63) is 35.9 Å². The highest BCUT2D eigenvalue weighted by molar-refractivity contribution is 6.08. The molecule has 1 aromatic carbocycles. The molecule has 2 fully saturated rings. The van der Waals surface area contributed by atoms with E-state index in [4.69, 9.17) is 4.74 Å². The first-order valence-electron chi connectivity index (χ1n) is 9.33. The van der Waals surface area contributed by atoms with Crippen LogP contribution in [0.1, 0.15) is 43.0 Å². The van der Waals surface area contributed by atoms with Gasteiger partial charge in [0.25, 0.3) is 11.8 Å². The molecule has 4 amide bonds. The van der Waals surface area contributed by atoms with Crippen LogP contribution in [0.5, 0.6) is 0 Å². The van der Waals surface area contributed by atoms with E-state index in [1.54, 1.807) is 30.3 Å². The van der Waals surface area contributed by atoms with E-state index in [-0.39, 0.29) is 23.7 Å². The molecule has 8 heteroatoms. The molecule has 1 aliphatic carbocycles. The minimum atomic E-state index is -1.11. The zero-order chi connectivity index (χ0) is 20.3. The van der Waals surface area contributed by atoms with E-state index in [2.05, 4.69) is 5.32 Å². The Labute approximate surface area is 162 Å². The molecule has 1 aliphatic heterocycles. The zero-order valence-electron chi connectivity index (χ0n) is 15.6. The summed E-state index contributed by atoms with van der Waals surface area (Å²) in [6.07, 6.45) is 3.08. The topological polar surface area (TPSA) is 110 Å². The average Bonchev–Trinajstić information content (AvgIpc) is 2.97. The van der Waals surface area contributed by atoms with Crippen molar-refractivity contribution in [3.63, 3.8) is 0 Å². The van der Waals surface area contributed by atoms with Gasteiger partial charge in [0.15, 0.2) is 6.61 Å². The molecule has 148 valence electrons. The van der Waals surface area contributed by atoms with E-state index >= 15 is 0 Å². The maximum absolute atomic E-state index is 12.5. The van der Waals surface area contributed by atoms with Crippen molar-refractivity contribution in [1.29, 1.82) is 0 Å². The Morgan fingerprint density at radius 1 is 1.07 bits per heavy atom. The van der Waals surface area contributed by atoms with Gasteiger partial charge in [0.05, 0.1) is 11.8 Å². The first kappa shape index (κ1) is 19.7. The molecule has 28 heavy (non-hydrogen) atoms. The summed E-state index contributed by atoms with van der Waals surface area (Å²) in [6, 6.07) is 7.02. The van der Waals surface area contributed by atoms with Crippen LogP contribution in [0, 0.1) is 11.8 Å². The number of likely N-dealkylation sites (tertiary alicyclic amines) is 1. The molecule has 3 rings (SSSR count). The molecule has 1 saturated heterocycles. The molecule has 1 N–H and O–H groups in total. The van der Waals surface area contributed by atoms with Gasteiger partial charge in [0.1, 0.15) is 6.04 Å². The van der Waals surface area contributed by atoms with Crippen molar-refractivity contribution in [2.24, 2.45) is 11.8 Å². The van der Waals surface area contributed by atoms with Crippen molar-refractivity contribution in [2.75, 3.05) is 6.61 Å². The summed E-state index contributed by atoms with van der Waals surface area (Å²) in [7, 11) is 0. The molecule has 0 unspecified atom stereocenters. The third-order valence-electron chi connectivity index (χ3n) is 5.24. The number of rotatable bonds is 5. The Morgan fingerprint density at radius 3 is 2.21 bits per heavy atom. The second-order valence-electron chi connectivity index (χ2n) is 7.07. The minimum absolute atomic E-state index is 0.298. The molecule has 0 radical (unpaired) electrons. The standard InChI is InChI=1S/C20H22N2O6/c1-12(22-18(25)14-9-5-6-10-15(14)19(22)26)20(27)28-11-16(23)21-17(24)13-7-3-2-4-8-13/h2-4,7-8,12,14-15H,5-6,9-11H2,1H3,(H,21,23,24)/t12-,14-,15-/m0/s1. The van der Waals surface area contributed by atoms with Gasteiger partial charge in [-0.1, -0.05) is 31.0 Å². The molecule has 1 aromatic rings. The van der Waals surface area contributed by atoms with Gasteiger partial charge in [-0.2, -0.15) is 0 Å². The molecule has 3 atom stereocenters. The highest BCUT2D eigenvalue weighted by atomic mass is 16.5. The summed E-state index contributed by atoms with van der Waals surface area (Å²) >= 11 is 0. The number of nitrogens with zero attached hydrogens (tertiary/aromatic N) is 1. The van der Waals surface area contributed by atoms with E-state index in [1.807, 2.05) is 0 Å². The molecule has 2 aliphatic rings. The number of ether oxygens (including phenoxy) is 1. The summed E-state index contributed by atoms with van der Waals surface area (Å²) in [5.74, 6) is -3.66. The summed E-state index contributed by atoms with van der Waals surface area (Å²) in [6.45, 7) is 0.729. The lowest BCUT2D eigenvalue weighted by Gasteiger charge is -2.21. The molecule has 1 saturated carbocycles. The van der Waals surface area contributed by atoms with Crippen molar-refractivity contribution in [3.8, 4) is 0 Å². The van der Waals surface area contributed by atoms with Crippen LogP contribution in [0.15, 0.2) is 30.3 Å². The Morgan fingerprint density at radius 2 is 1.64 bits per heavy atom. The van der Waals surface area contributed by atoms with E-state index in [0.29, 0.717) is 18.4 Å². The number of esters is 1. The number of imide groups is 2. The maximum Gasteiger partial charge on any atom is 0.329 e. The van der Waals surface area contributed by atoms with E-state index < -0.39 is 30.4 Å². The minimum Gasteiger partial charge on any atom is -0.454 e. The molecule has 8 nitrogen and oxygen atoms in total. The predicted molar refractivity (Wildman–Crippen MR) is 96.6 cm³/mol. The lowest BCUT2D eigenvalue weighted by atomic mass is 9.81. The number of hydrogen-bond donors (Lipinski definition) is 1. The quantitative estimate of drug-likeness (QED) is 0.598. The van der Waals surface area contributed by atoms with Crippen molar-refractivity contribution >= 4 is 29.6 Å². The van der Waals surface area contributed by atoms with Crippen LogP contribution in [-0.4, -0.2) is 47.1 Å². The Balaban J connectivity index is 1.53. The number of carbonyl (C=O) groups excluding carboxylic acids is 5. The van der Waals surface area contributed by atoms with Gasteiger partial charge in [0.2, 0.25) is 11.8 Å². The molecular weight excluding hydrogens is 364 g/mol. The van der Waals surface area contributed by atoms with Gasteiger partial charge in [-0.15, -0.1) is 0 Å². The third kappa shape index (κ3) is 3.95. The van der Waals surface area contributed by atoms with Gasteiger partial charge in [-0.3, -0.25) is 29.4 Å². The highest BCUT2D eigenvalue weighted by Gasteiger charge is 2.51. The van der Waals surface area contributed by atoms with Gasteiger partial charge in [0, 0.05) is 5.56 Å². The molecule has 0 aromatic heterocycles. The number of hydrogen-bond acceptors (Lipinski definition) is 6. The lowest BCUT2D eigenvalue weighted by Crippen LogP contribution is -2.45. The number of benzene rings is 1. The van der Waals surface area contributed by atoms with Crippen LogP contribution in [0.25, 0.3) is 0 Å². The Bertz CT molecular complexity index is 782. The second kappa shape index (κ2) is 8.33. The van der Waals surface area contributed by atoms with Crippen LogP contribution in [0.4, 0.5) is 0 Å². The second-order valence-corrected chi connectivity index (χ2v) is 7.07. The number of amides is 4. The van der Waals surface area contributed by atoms with Gasteiger partial charge < -0.3 is 4.74 Å². The van der Waals surface area contributed by atoms with Crippen LogP contribution in [0.2, 0.25) is 0 Å². The Hall–Kier alpha value is -3.03. The van der Waals surface area contributed by atoms with Gasteiger partial charge in [-0.25, -0.2) is 4.79 Å². The number of carbonyl (C=O) groups is 5. The highest BCUT2D eigenvalue weighted by Crippen LogP contribution is 2.38. The fraction of sp³-hybridized carbons (Fsp3) is 0.450. The van der Waals surface area contributed by atoms with Crippen molar-refractivity contribution < 1.29 is 28.7 Å². The lowest BCUT2D eigenvalue weighted by molar-refractivity contribution is -0.159. The normalized spacial score (nSPS) is 22.4.